The number of nitrogens with one attached hydrogen (secondary N) is 1. The van der Waals surface area contributed by atoms with Crippen LogP contribution in [0.15, 0.2) is 71.6 Å². The number of amides is 2. The molecule has 1 N–H and O–H groups in total. The lowest BCUT2D eigenvalue weighted by Crippen LogP contribution is -2.27. The van der Waals surface area contributed by atoms with Gasteiger partial charge in [-0.1, -0.05) is 77.5 Å². The lowest BCUT2D eigenvalue weighted by molar-refractivity contribution is -0.118. The first-order chi connectivity index (χ1) is 16.3. The van der Waals surface area contributed by atoms with Gasteiger partial charge in [0.25, 0.3) is 11.8 Å². The zero-order valence-electron chi connectivity index (χ0n) is 17.9. The highest BCUT2D eigenvalue weighted by atomic mass is 35.5. The summed E-state index contributed by atoms with van der Waals surface area (Å²) in [5.41, 5.74) is 2.89. The summed E-state index contributed by atoms with van der Waals surface area (Å²) >= 11 is 18.9. The maximum absolute atomic E-state index is 13.0. The van der Waals surface area contributed by atoms with Crippen molar-refractivity contribution in [3.05, 3.63) is 92.8 Å². The summed E-state index contributed by atoms with van der Waals surface area (Å²) in [4.78, 5) is 27.1. The summed E-state index contributed by atoms with van der Waals surface area (Å²) in [5, 5.41) is 3.73. The molecule has 1 aliphatic heterocycles. The third kappa shape index (κ3) is 5.62. The van der Waals surface area contributed by atoms with Crippen molar-refractivity contribution in [1.29, 1.82) is 0 Å². The normalized spacial score (nSPS) is 14.6. The summed E-state index contributed by atoms with van der Waals surface area (Å²) < 4.78 is 5.99. The van der Waals surface area contributed by atoms with Gasteiger partial charge in [-0.25, -0.2) is 0 Å². The topological polar surface area (TPSA) is 58.6 Å². The van der Waals surface area contributed by atoms with Crippen LogP contribution in [0, 0.1) is 6.92 Å². The predicted molar refractivity (Wildman–Crippen MR) is 144 cm³/mol. The fourth-order valence-electron chi connectivity index (χ4n) is 3.12. The Morgan fingerprint density at radius 1 is 1.09 bits per heavy atom. The quantitative estimate of drug-likeness (QED) is 0.284. The molecule has 9 heteroatoms. The molecule has 0 atom stereocenters. The molecule has 0 unspecified atom stereocenters. The van der Waals surface area contributed by atoms with Crippen molar-refractivity contribution in [2.75, 3.05) is 16.8 Å². The second kappa shape index (κ2) is 10.6. The van der Waals surface area contributed by atoms with Crippen molar-refractivity contribution in [3.8, 4) is 5.75 Å². The molecule has 1 aliphatic rings. The third-order valence-electron chi connectivity index (χ3n) is 4.90. The molecular weight excluding hydrogens is 511 g/mol. The number of carbonyl (C=O) groups is 2. The minimum absolute atomic E-state index is 0.164. The number of benzene rings is 3. The van der Waals surface area contributed by atoms with Crippen LogP contribution in [-0.2, 0) is 9.59 Å². The molecule has 4 rings (SSSR count). The van der Waals surface area contributed by atoms with Crippen LogP contribution in [0.2, 0.25) is 10.0 Å². The monoisotopic (exact) mass is 528 g/mol. The van der Waals surface area contributed by atoms with Crippen LogP contribution in [0.4, 0.5) is 11.4 Å². The number of hydrogen-bond donors (Lipinski definition) is 1. The van der Waals surface area contributed by atoms with Gasteiger partial charge in [-0.15, -0.1) is 0 Å². The molecule has 0 saturated carbocycles. The number of hydrogen-bond acceptors (Lipinski definition) is 5. The van der Waals surface area contributed by atoms with E-state index >= 15 is 0 Å². The zero-order chi connectivity index (χ0) is 24.2. The zero-order valence-corrected chi connectivity index (χ0v) is 21.0. The van der Waals surface area contributed by atoms with Crippen molar-refractivity contribution in [1.82, 2.24) is 0 Å². The second-order valence-electron chi connectivity index (χ2n) is 7.34. The van der Waals surface area contributed by atoms with Crippen LogP contribution in [0.5, 0.6) is 5.75 Å². The minimum atomic E-state index is -0.322. The van der Waals surface area contributed by atoms with Gasteiger partial charge < -0.3 is 10.1 Å². The van der Waals surface area contributed by atoms with Crippen LogP contribution in [0.3, 0.4) is 0 Å². The summed E-state index contributed by atoms with van der Waals surface area (Å²) in [5.74, 6) is -0.00291. The van der Waals surface area contributed by atoms with E-state index < -0.39 is 0 Å². The van der Waals surface area contributed by atoms with E-state index in [1.807, 2.05) is 19.1 Å². The number of para-hydroxylation sites is 1. The van der Waals surface area contributed by atoms with Crippen molar-refractivity contribution in [2.45, 2.75) is 6.92 Å². The van der Waals surface area contributed by atoms with E-state index in [-0.39, 0.29) is 18.4 Å². The summed E-state index contributed by atoms with van der Waals surface area (Å²) in [6, 6.07) is 19.5. The first-order valence-corrected chi connectivity index (χ1v) is 12.1. The van der Waals surface area contributed by atoms with E-state index in [4.69, 9.17) is 40.2 Å². The van der Waals surface area contributed by atoms with E-state index in [1.165, 1.54) is 16.7 Å². The van der Waals surface area contributed by atoms with E-state index in [2.05, 4.69) is 5.32 Å². The Hall–Kier alpha value is -2.84. The van der Waals surface area contributed by atoms with Gasteiger partial charge in [0, 0.05) is 5.02 Å². The summed E-state index contributed by atoms with van der Waals surface area (Å²) in [6.07, 6.45) is 1.77. The highest BCUT2D eigenvalue weighted by molar-refractivity contribution is 8.27. The maximum atomic E-state index is 13.0. The fraction of sp³-hybridized carbons (Fsp3) is 0.0800. The van der Waals surface area contributed by atoms with Gasteiger partial charge in [-0.05, 0) is 60.5 Å². The number of ether oxygens (including phenoxy) is 1. The molecule has 1 heterocycles. The van der Waals surface area contributed by atoms with Gasteiger partial charge >= 0.3 is 0 Å². The van der Waals surface area contributed by atoms with Crippen LogP contribution in [0.25, 0.3) is 6.08 Å². The Labute approximate surface area is 216 Å². The molecule has 1 saturated heterocycles. The molecular formula is C25H18Cl2N2O3S2. The lowest BCUT2D eigenvalue weighted by atomic mass is 10.2. The molecule has 0 spiro atoms. The Bertz CT molecular complexity index is 1310. The molecule has 2 amide bonds. The Morgan fingerprint density at radius 3 is 2.53 bits per heavy atom. The number of carbonyl (C=O) groups excluding carboxylic acids is 2. The standard InChI is InChI=1S/C25H18Cl2N2O3S2/c1-15-6-9-17(13-20(15)27)29-24(31)22(34-25(29)33)12-16-7-10-18(11-8-16)32-14-23(30)28-21-5-3-2-4-19(21)26/h2-13H,14H2,1H3,(H,28,30)/b22-12-. The molecule has 0 bridgehead atoms. The molecule has 0 radical (unpaired) electrons. The van der Waals surface area contributed by atoms with Crippen molar-refractivity contribution >= 4 is 80.8 Å². The molecule has 3 aromatic rings. The Kier molecular flexibility index (Phi) is 7.58. The highest BCUT2D eigenvalue weighted by Gasteiger charge is 2.33. The molecule has 172 valence electrons. The van der Waals surface area contributed by atoms with E-state index in [0.717, 1.165) is 11.1 Å². The molecule has 0 aliphatic carbocycles. The van der Waals surface area contributed by atoms with Crippen LogP contribution < -0.4 is 15.0 Å². The van der Waals surface area contributed by atoms with Gasteiger partial charge in [0.2, 0.25) is 0 Å². The van der Waals surface area contributed by atoms with Crippen molar-refractivity contribution in [3.63, 3.8) is 0 Å². The van der Waals surface area contributed by atoms with Gasteiger partial charge in [0.05, 0.1) is 21.3 Å². The Morgan fingerprint density at radius 2 is 1.82 bits per heavy atom. The largest absolute Gasteiger partial charge is 0.484 e. The fourth-order valence-corrected chi connectivity index (χ4v) is 4.78. The number of thioether (sulfide) groups is 1. The highest BCUT2D eigenvalue weighted by Crippen LogP contribution is 2.37. The molecule has 0 aromatic heterocycles. The van der Waals surface area contributed by atoms with Crippen LogP contribution in [0.1, 0.15) is 11.1 Å². The molecule has 1 fully saturated rings. The van der Waals surface area contributed by atoms with E-state index in [9.17, 15) is 9.59 Å². The number of thiocarbonyl (C=S) groups is 1. The van der Waals surface area contributed by atoms with Crippen LogP contribution >= 0.6 is 47.2 Å². The second-order valence-corrected chi connectivity index (χ2v) is 9.83. The molecule has 34 heavy (non-hydrogen) atoms. The number of nitrogens with zero attached hydrogens (tertiary/aromatic N) is 1. The molecule has 3 aromatic carbocycles. The average Bonchev–Trinajstić information content (AvgIpc) is 3.09. The first-order valence-electron chi connectivity index (χ1n) is 10.1. The summed E-state index contributed by atoms with van der Waals surface area (Å²) in [6.45, 7) is 1.73. The molecule has 5 nitrogen and oxygen atoms in total. The third-order valence-corrected chi connectivity index (χ3v) is 6.94. The number of aryl methyl sites for hydroxylation is 1. The van der Waals surface area contributed by atoms with E-state index in [0.29, 0.717) is 36.4 Å². The van der Waals surface area contributed by atoms with Gasteiger partial charge in [0.1, 0.15) is 5.75 Å². The predicted octanol–water partition coefficient (Wildman–Crippen LogP) is 6.73. The van der Waals surface area contributed by atoms with Crippen molar-refractivity contribution in [2.24, 2.45) is 0 Å². The minimum Gasteiger partial charge on any atom is -0.484 e. The Balaban J connectivity index is 1.39. The number of anilines is 2. The summed E-state index contributed by atoms with van der Waals surface area (Å²) in [7, 11) is 0. The van der Waals surface area contributed by atoms with E-state index in [1.54, 1.807) is 60.7 Å². The van der Waals surface area contributed by atoms with Gasteiger partial charge in [0.15, 0.2) is 10.9 Å². The first kappa shape index (κ1) is 24.3. The smallest absolute Gasteiger partial charge is 0.270 e. The van der Waals surface area contributed by atoms with Crippen LogP contribution in [-0.4, -0.2) is 22.7 Å². The average molecular weight is 529 g/mol. The lowest BCUT2D eigenvalue weighted by Gasteiger charge is -2.15. The van der Waals surface area contributed by atoms with Gasteiger partial charge in [-0.3, -0.25) is 14.5 Å². The van der Waals surface area contributed by atoms with Gasteiger partial charge in [-0.2, -0.15) is 0 Å². The van der Waals surface area contributed by atoms with Crippen molar-refractivity contribution < 1.29 is 14.3 Å². The number of rotatable bonds is 6. The SMILES string of the molecule is Cc1ccc(N2C(=O)/C(=C/c3ccc(OCC(=O)Nc4ccccc4Cl)cc3)SC2=S)cc1Cl. The maximum Gasteiger partial charge on any atom is 0.270 e. The number of halogens is 2.